The van der Waals surface area contributed by atoms with Crippen molar-refractivity contribution in [2.45, 2.75) is 111 Å². The van der Waals surface area contributed by atoms with E-state index in [4.69, 9.17) is 4.74 Å². The molecule has 0 aliphatic heterocycles. The Morgan fingerprint density at radius 3 is 2.54 bits per heavy atom. The Morgan fingerprint density at radius 2 is 1.79 bits per heavy atom. The van der Waals surface area contributed by atoms with Gasteiger partial charge >= 0.3 is 5.97 Å². The van der Waals surface area contributed by atoms with Crippen LogP contribution < -0.4 is 0 Å². The summed E-state index contributed by atoms with van der Waals surface area (Å²) in [5.41, 5.74) is 3.40. The molecule has 0 N–H and O–H groups in total. The second-order valence-electron chi connectivity index (χ2n) is 14.5. The SMILES string of the molecule is CC(C)CCC[C@@H](C)[C@@H]1CC[C@H]2[C@H]3CC=C4C[C@@H](OC(=O)C(Br)=Cc5ccccc5)CC[C@]4(C)[C@@H]3CC[C@@]21C. The molecule has 0 spiro atoms. The van der Waals surface area contributed by atoms with Crippen molar-refractivity contribution in [3.63, 3.8) is 0 Å². The fraction of sp³-hybridized carbons (Fsp3) is 0.694. The number of hydrogen-bond acceptors (Lipinski definition) is 2. The van der Waals surface area contributed by atoms with Crippen molar-refractivity contribution in [1.82, 2.24) is 0 Å². The van der Waals surface area contributed by atoms with Crippen LogP contribution in [0.1, 0.15) is 111 Å². The summed E-state index contributed by atoms with van der Waals surface area (Å²) in [5.74, 6) is 4.88. The number of carbonyl (C=O) groups excluding carboxylic acids is 1. The summed E-state index contributed by atoms with van der Waals surface area (Å²) >= 11 is 3.47. The molecule has 2 nitrogen and oxygen atoms in total. The van der Waals surface area contributed by atoms with Crippen LogP contribution in [0.3, 0.4) is 0 Å². The molecular formula is C36H51BrO2. The molecule has 3 saturated carbocycles. The van der Waals surface area contributed by atoms with E-state index >= 15 is 0 Å². The van der Waals surface area contributed by atoms with Gasteiger partial charge in [0.2, 0.25) is 0 Å². The molecule has 0 radical (unpaired) electrons. The molecule has 0 unspecified atom stereocenters. The van der Waals surface area contributed by atoms with Crippen molar-refractivity contribution in [2.24, 2.45) is 46.3 Å². The Morgan fingerprint density at radius 1 is 1.03 bits per heavy atom. The minimum atomic E-state index is -0.241. The molecule has 0 saturated heterocycles. The van der Waals surface area contributed by atoms with Crippen molar-refractivity contribution in [1.29, 1.82) is 0 Å². The number of esters is 1. The standard InChI is InChI=1S/C36H51BrO2/c1-24(2)10-9-11-25(3)30-16-17-31-29-15-14-27-23-28(18-20-35(27,4)32(29)19-21-36(30,31)5)39-34(38)33(37)22-26-12-7-6-8-13-26/h6-8,12-14,22,24-25,28-32H,9-11,15-21,23H2,1-5H3/t25-,28+,29-,30+,31+,32-,35+,36-/m1/s1. The topological polar surface area (TPSA) is 26.3 Å². The van der Waals surface area contributed by atoms with E-state index in [0.29, 0.717) is 9.90 Å². The van der Waals surface area contributed by atoms with Gasteiger partial charge in [-0.3, -0.25) is 0 Å². The molecule has 1 aromatic rings. The van der Waals surface area contributed by atoms with Crippen molar-refractivity contribution in [3.8, 4) is 0 Å². The van der Waals surface area contributed by atoms with E-state index in [1.54, 1.807) is 5.57 Å². The van der Waals surface area contributed by atoms with E-state index in [0.717, 1.165) is 60.3 Å². The lowest BCUT2D eigenvalue weighted by Crippen LogP contribution is -2.51. The largest absolute Gasteiger partial charge is 0.458 e. The minimum absolute atomic E-state index is 0.0125. The number of ether oxygens (including phenoxy) is 1. The van der Waals surface area contributed by atoms with Crippen molar-refractivity contribution in [3.05, 3.63) is 52.0 Å². The molecule has 3 fully saturated rings. The summed E-state index contributed by atoms with van der Waals surface area (Å²) < 4.78 is 6.53. The number of halogens is 1. The van der Waals surface area contributed by atoms with Crippen LogP contribution in [0.25, 0.3) is 6.08 Å². The fourth-order valence-electron chi connectivity index (χ4n) is 9.71. The third-order valence-corrected chi connectivity index (χ3v) is 12.4. The van der Waals surface area contributed by atoms with Crippen molar-refractivity contribution in [2.75, 3.05) is 0 Å². The zero-order chi connectivity index (χ0) is 27.8. The zero-order valence-corrected chi connectivity index (χ0v) is 26.6. The number of benzene rings is 1. The Bertz CT molecular complexity index is 1070. The molecule has 4 aliphatic rings. The molecule has 4 aliphatic carbocycles. The number of allylic oxidation sites excluding steroid dienone is 1. The Labute approximate surface area is 246 Å². The monoisotopic (exact) mass is 594 g/mol. The number of rotatable bonds is 8. The van der Waals surface area contributed by atoms with Gasteiger partial charge < -0.3 is 4.74 Å². The maximum absolute atomic E-state index is 12.9. The van der Waals surface area contributed by atoms with Crippen LogP contribution >= 0.6 is 15.9 Å². The lowest BCUT2D eigenvalue weighted by molar-refractivity contribution is -0.145. The molecule has 0 heterocycles. The summed E-state index contributed by atoms with van der Waals surface area (Å²) in [6.07, 6.45) is 18.6. The fourth-order valence-corrected chi connectivity index (χ4v) is 10.1. The normalized spacial score (nSPS) is 36.9. The summed E-state index contributed by atoms with van der Waals surface area (Å²) in [5, 5.41) is 0. The Hall–Kier alpha value is -1.35. The van der Waals surface area contributed by atoms with E-state index in [-0.39, 0.29) is 17.5 Å². The molecule has 1 aromatic carbocycles. The lowest BCUT2D eigenvalue weighted by atomic mass is 9.47. The van der Waals surface area contributed by atoms with Crippen LogP contribution in [0.4, 0.5) is 0 Å². The first-order valence-electron chi connectivity index (χ1n) is 15.9. The first kappa shape index (κ1) is 29.2. The molecule has 3 heteroatoms. The highest BCUT2D eigenvalue weighted by Crippen LogP contribution is 2.67. The van der Waals surface area contributed by atoms with Crippen LogP contribution in [0.15, 0.2) is 46.5 Å². The van der Waals surface area contributed by atoms with Gasteiger partial charge in [-0.1, -0.05) is 95.9 Å². The minimum Gasteiger partial charge on any atom is -0.458 e. The summed E-state index contributed by atoms with van der Waals surface area (Å²) in [7, 11) is 0. The van der Waals surface area contributed by atoms with Crippen molar-refractivity contribution < 1.29 is 9.53 Å². The molecular weight excluding hydrogens is 544 g/mol. The number of hydrogen-bond donors (Lipinski definition) is 0. The van der Waals surface area contributed by atoms with Crippen LogP contribution in [0.2, 0.25) is 0 Å². The maximum Gasteiger partial charge on any atom is 0.345 e. The van der Waals surface area contributed by atoms with Crippen molar-refractivity contribution >= 4 is 28.0 Å². The smallest absolute Gasteiger partial charge is 0.345 e. The van der Waals surface area contributed by atoms with Gasteiger partial charge in [0.15, 0.2) is 0 Å². The molecule has 39 heavy (non-hydrogen) atoms. The third-order valence-electron chi connectivity index (χ3n) is 11.8. The lowest BCUT2D eigenvalue weighted by Gasteiger charge is -2.58. The van der Waals surface area contributed by atoms with Gasteiger partial charge in [-0.2, -0.15) is 0 Å². The van der Waals surface area contributed by atoms with E-state index in [1.807, 2.05) is 36.4 Å². The maximum atomic E-state index is 12.9. The summed E-state index contributed by atoms with van der Waals surface area (Å²) in [6, 6.07) is 9.95. The first-order chi connectivity index (χ1) is 18.6. The van der Waals surface area contributed by atoms with Gasteiger partial charge in [-0.25, -0.2) is 4.79 Å². The van der Waals surface area contributed by atoms with E-state index < -0.39 is 0 Å². The highest BCUT2D eigenvalue weighted by Gasteiger charge is 2.59. The molecule has 5 rings (SSSR count). The zero-order valence-electron chi connectivity index (χ0n) is 25.1. The average molecular weight is 596 g/mol. The predicted molar refractivity (Wildman–Crippen MR) is 166 cm³/mol. The highest BCUT2D eigenvalue weighted by atomic mass is 79.9. The Kier molecular flexibility index (Phi) is 8.87. The van der Waals surface area contributed by atoms with Gasteiger partial charge in [-0.15, -0.1) is 0 Å². The third kappa shape index (κ3) is 5.86. The van der Waals surface area contributed by atoms with E-state index in [1.165, 1.54) is 51.4 Å². The average Bonchev–Trinajstić information content (AvgIpc) is 3.26. The molecule has 214 valence electrons. The van der Waals surface area contributed by atoms with Gasteiger partial charge in [-0.05, 0) is 119 Å². The van der Waals surface area contributed by atoms with Gasteiger partial charge in [0.25, 0.3) is 0 Å². The Balaban J connectivity index is 1.23. The molecule has 0 amide bonds. The first-order valence-corrected chi connectivity index (χ1v) is 16.7. The predicted octanol–water partition coefficient (Wildman–Crippen LogP) is 10.4. The summed E-state index contributed by atoms with van der Waals surface area (Å²) in [6.45, 7) is 12.5. The second kappa shape index (κ2) is 11.9. The second-order valence-corrected chi connectivity index (χ2v) is 15.3. The molecule has 8 atom stereocenters. The summed E-state index contributed by atoms with van der Waals surface area (Å²) in [4.78, 5) is 12.9. The van der Waals surface area contributed by atoms with Crippen LogP contribution in [-0.2, 0) is 9.53 Å². The van der Waals surface area contributed by atoms with Crippen LogP contribution in [0.5, 0.6) is 0 Å². The van der Waals surface area contributed by atoms with Gasteiger partial charge in [0.1, 0.15) is 10.6 Å². The number of fused-ring (bicyclic) bond motifs is 5. The van der Waals surface area contributed by atoms with Crippen LogP contribution in [0, 0.1) is 46.3 Å². The quantitative estimate of drug-likeness (QED) is 0.170. The number of carbonyl (C=O) groups is 1. The van der Waals surface area contributed by atoms with Gasteiger partial charge in [0, 0.05) is 6.42 Å². The van der Waals surface area contributed by atoms with E-state index in [2.05, 4.69) is 56.6 Å². The van der Waals surface area contributed by atoms with E-state index in [9.17, 15) is 4.79 Å². The molecule has 0 bridgehead atoms. The molecule has 0 aromatic heterocycles. The van der Waals surface area contributed by atoms with Gasteiger partial charge in [0.05, 0.1) is 0 Å². The van der Waals surface area contributed by atoms with Crippen LogP contribution in [-0.4, -0.2) is 12.1 Å². The highest BCUT2D eigenvalue weighted by molar-refractivity contribution is 9.12.